The van der Waals surface area contributed by atoms with E-state index in [0.717, 1.165) is 63.0 Å². The first-order valence-corrected chi connectivity index (χ1v) is 13.2. The summed E-state index contributed by atoms with van der Waals surface area (Å²) in [4.78, 5) is 31.0. The van der Waals surface area contributed by atoms with Crippen LogP contribution >= 0.6 is 24.0 Å². The zero-order valence-electron chi connectivity index (χ0n) is 20.1. The summed E-state index contributed by atoms with van der Waals surface area (Å²) in [5.41, 5.74) is 1.35. The van der Waals surface area contributed by atoms with Gasteiger partial charge in [-0.1, -0.05) is 57.6 Å². The Morgan fingerprint density at radius 3 is 2.61 bits per heavy atom. The van der Waals surface area contributed by atoms with E-state index in [0.29, 0.717) is 33.8 Å². The van der Waals surface area contributed by atoms with Crippen LogP contribution in [-0.2, 0) is 11.3 Å². The molecule has 0 aliphatic carbocycles. The molecule has 1 aromatic rings. The van der Waals surface area contributed by atoms with Crippen molar-refractivity contribution in [2.45, 2.75) is 72.8 Å². The number of piperidine rings is 1. The molecule has 0 radical (unpaired) electrons. The van der Waals surface area contributed by atoms with Crippen LogP contribution in [0.1, 0.15) is 76.0 Å². The maximum absolute atomic E-state index is 13.3. The Morgan fingerprint density at radius 1 is 1.21 bits per heavy atom. The number of unbranched alkanes of at least 4 members (excludes halogenated alkanes) is 2. The van der Waals surface area contributed by atoms with Crippen LogP contribution in [0.2, 0.25) is 0 Å². The first kappa shape index (κ1) is 25.5. The van der Waals surface area contributed by atoms with Crippen molar-refractivity contribution in [3.05, 3.63) is 31.9 Å². The molecule has 33 heavy (non-hydrogen) atoms. The van der Waals surface area contributed by atoms with Crippen molar-refractivity contribution in [3.8, 4) is 6.07 Å². The average molecular weight is 487 g/mol. The number of thioether (sulfide) groups is 1. The number of nitriles is 1. The summed E-state index contributed by atoms with van der Waals surface area (Å²) in [5, 5.41) is 9.78. The molecule has 2 aliphatic rings. The molecule has 1 amide bonds. The molecular weight excluding hydrogens is 452 g/mol. The summed E-state index contributed by atoms with van der Waals surface area (Å²) in [6.45, 7) is 11.1. The Balaban J connectivity index is 2.15. The van der Waals surface area contributed by atoms with Gasteiger partial charge in [0.05, 0.1) is 4.91 Å². The van der Waals surface area contributed by atoms with Gasteiger partial charge < -0.3 is 4.90 Å². The van der Waals surface area contributed by atoms with Gasteiger partial charge in [0.15, 0.2) is 0 Å². The van der Waals surface area contributed by atoms with E-state index in [1.807, 2.05) is 19.9 Å². The summed E-state index contributed by atoms with van der Waals surface area (Å²) in [7, 11) is 0. The molecule has 6 nitrogen and oxygen atoms in total. The number of thiocarbonyl (C=S) groups is 1. The van der Waals surface area contributed by atoms with Crippen molar-refractivity contribution in [2.24, 2.45) is 5.92 Å². The van der Waals surface area contributed by atoms with E-state index in [1.165, 1.54) is 11.8 Å². The fourth-order valence-corrected chi connectivity index (χ4v) is 5.93. The number of carbonyl (C=O) groups is 1. The number of aromatic nitrogens is 1. The Hall–Kier alpha value is -2.11. The highest BCUT2D eigenvalue weighted by atomic mass is 32.2. The zero-order valence-corrected chi connectivity index (χ0v) is 21.8. The van der Waals surface area contributed by atoms with Crippen LogP contribution in [0.25, 0.3) is 6.08 Å². The fraction of sp³-hybridized carbons (Fsp3) is 0.600. The van der Waals surface area contributed by atoms with Gasteiger partial charge in [0.25, 0.3) is 11.5 Å². The molecule has 3 rings (SSSR count). The molecule has 0 bridgehead atoms. The molecular formula is C25H34N4O2S2. The lowest BCUT2D eigenvalue weighted by Gasteiger charge is -2.36. The minimum Gasteiger partial charge on any atom is -0.357 e. The van der Waals surface area contributed by atoms with Crippen LogP contribution < -0.4 is 10.5 Å². The maximum Gasteiger partial charge on any atom is 0.270 e. The number of anilines is 1. The highest BCUT2D eigenvalue weighted by molar-refractivity contribution is 8.26. The van der Waals surface area contributed by atoms with Crippen LogP contribution in [0.5, 0.6) is 0 Å². The highest BCUT2D eigenvalue weighted by Crippen LogP contribution is 2.37. The minimum absolute atomic E-state index is 0.0785. The van der Waals surface area contributed by atoms with E-state index >= 15 is 0 Å². The third-order valence-electron chi connectivity index (χ3n) is 6.38. The average Bonchev–Trinajstić information content (AvgIpc) is 3.05. The summed E-state index contributed by atoms with van der Waals surface area (Å²) in [5.74, 6) is 1.27. The second-order valence-electron chi connectivity index (χ2n) is 9.04. The molecule has 3 heterocycles. The van der Waals surface area contributed by atoms with E-state index in [2.05, 4.69) is 24.8 Å². The molecule has 1 unspecified atom stereocenters. The van der Waals surface area contributed by atoms with Crippen molar-refractivity contribution in [1.29, 1.82) is 5.26 Å². The van der Waals surface area contributed by atoms with Crippen LogP contribution in [0.15, 0.2) is 9.70 Å². The highest BCUT2D eigenvalue weighted by Gasteiger charge is 2.33. The predicted molar refractivity (Wildman–Crippen MR) is 140 cm³/mol. The Morgan fingerprint density at radius 2 is 1.97 bits per heavy atom. The number of hydrogen-bond donors (Lipinski definition) is 0. The van der Waals surface area contributed by atoms with Crippen molar-refractivity contribution in [1.82, 2.24) is 9.47 Å². The van der Waals surface area contributed by atoms with Crippen molar-refractivity contribution >= 4 is 46.1 Å². The monoisotopic (exact) mass is 486 g/mol. The van der Waals surface area contributed by atoms with Gasteiger partial charge in [0.1, 0.15) is 21.8 Å². The van der Waals surface area contributed by atoms with Gasteiger partial charge in [-0.2, -0.15) is 5.26 Å². The molecule has 0 N–H and O–H groups in total. The zero-order chi connectivity index (χ0) is 24.1. The number of carbonyl (C=O) groups excluding carboxylic acids is 1. The third-order valence-corrected chi connectivity index (χ3v) is 7.76. The fourth-order valence-electron chi connectivity index (χ4n) is 4.64. The van der Waals surface area contributed by atoms with E-state index in [-0.39, 0.29) is 17.0 Å². The van der Waals surface area contributed by atoms with E-state index in [1.54, 1.807) is 9.47 Å². The largest absolute Gasteiger partial charge is 0.357 e. The van der Waals surface area contributed by atoms with Crippen LogP contribution in [0.3, 0.4) is 0 Å². The Bertz CT molecular complexity index is 1050. The standard InChI is InChI=1S/C25H34N4O2S2/c1-5-7-8-13-29-24(31)21(33-25(29)32)14-19-18(4)20(15-26)23(30)28(11-6-2)22(19)27-12-9-10-17(3)16-27/h14,17H,5-13,16H2,1-4H3/b21-14+. The van der Waals surface area contributed by atoms with Crippen molar-refractivity contribution in [3.63, 3.8) is 0 Å². The third kappa shape index (κ3) is 5.36. The second-order valence-corrected chi connectivity index (χ2v) is 10.7. The van der Waals surface area contributed by atoms with E-state index in [9.17, 15) is 14.9 Å². The first-order valence-electron chi connectivity index (χ1n) is 12.0. The minimum atomic E-state index is -0.241. The van der Waals surface area contributed by atoms with Gasteiger partial charge in [-0.05, 0) is 50.2 Å². The molecule has 2 saturated heterocycles. The molecule has 0 spiro atoms. The molecule has 1 aromatic heterocycles. The van der Waals surface area contributed by atoms with Crippen LogP contribution in [-0.4, -0.2) is 39.3 Å². The lowest BCUT2D eigenvalue weighted by atomic mass is 9.98. The van der Waals surface area contributed by atoms with Gasteiger partial charge in [-0.25, -0.2) is 0 Å². The molecule has 8 heteroatoms. The number of amides is 1. The summed E-state index contributed by atoms with van der Waals surface area (Å²) in [6.07, 6.45) is 7.93. The molecule has 178 valence electrons. The Labute approximate surface area is 206 Å². The molecule has 0 aromatic carbocycles. The molecule has 1 atom stereocenters. The number of rotatable bonds is 8. The normalized spacial score (nSPS) is 20.1. The van der Waals surface area contributed by atoms with Gasteiger partial charge in [-0.3, -0.25) is 19.1 Å². The second kappa shape index (κ2) is 11.3. The van der Waals surface area contributed by atoms with Crippen molar-refractivity contribution in [2.75, 3.05) is 24.5 Å². The number of nitrogens with zero attached hydrogens (tertiary/aromatic N) is 4. The molecule has 0 saturated carbocycles. The lowest BCUT2D eigenvalue weighted by Crippen LogP contribution is -2.40. The summed E-state index contributed by atoms with van der Waals surface area (Å²) < 4.78 is 2.33. The van der Waals surface area contributed by atoms with Gasteiger partial charge in [-0.15, -0.1) is 0 Å². The lowest BCUT2D eigenvalue weighted by molar-refractivity contribution is -0.122. The summed E-state index contributed by atoms with van der Waals surface area (Å²) in [6, 6.07) is 2.12. The number of hydrogen-bond acceptors (Lipinski definition) is 6. The summed E-state index contributed by atoms with van der Waals surface area (Å²) >= 11 is 6.83. The topological polar surface area (TPSA) is 69.3 Å². The molecule has 2 aliphatic heterocycles. The predicted octanol–water partition coefficient (Wildman–Crippen LogP) is 5.07. The smallest absolute Gasteiger partial charge is 0.270 e. The van der Waals surface area contributed by atoms with Crippen LogP contribution in [0, 0.1) is 24.2 Å². The van der Waals surface area contributed by atoms with E-state index < -0.39 is 0 Å². The van der Waals surface area contributed by atoms with E-state index in [4.69, 9.17) is 12.2 Å². The Kier molecular flexibility index (Phi) is 8.77. The maximum atomic E-state index is 13.3. The van der Waals surface area contributed by atoms with Crippen molar-refractivity contribution < 1.29 is 4.79 Å². The number of pyridine rings is 1. The van der Waals surface area contributed by atoms with Gasteiger partial charge in [0.2, 0.25) is 0 Å². The van der Waals surface area contributed by atoms with Crippen LogP contribution in [0.4, 0.5) is 5.82 Å². The first-order chi connectivity index (χ1) is 15.8. The molecule has 2 fully saturated rings. The SMILES string of the molecule is CCCCCN1C(=O)/C(=C\c2c(C)c(C#N)c(=O)n(CCC)c2N2CCCC(C)C2)SC1=S. The van der Waals surface area contributed by atoms with Gasteiger partial charge in [0, 0.05) is 31.7 Å². The van der Waals surface area contributed by atoms with Gasteiger partial charge >= 0.3 is 0 Å². The quantitative estimate of drug-likeness (QED) is 0.290.